The Bertz CT molecular complexity index is 700. The van der Waals surface area contributed by atoms with Gasteiger partial charge in [-0.25, -0.2) is 4.79 Å². The van der Waals surface area contributed by atoms with Crippen LogP contribution in [0.1, 0.15) is 13.8 Å². The first-order valence-corrected chi connectivity index (χ1v) is 7.56. The number of nitrogens with zero attached hydrogens (tertiary/aromatic N) is 2. The quantitative estimate of drug-likeness (QED) is 0.865. The predicted octanol–water partition coefficient (Wildman–Crippen LogP) is 3.50. The molecule has 1 atom stereocenters. The number of halogens is 1. The molecular weight excluding hydrogens is 304 g/mol. The van der Waals surface area contributed by atoms with Gasteiger partial charge in [0, 0.05) is 29.2 Å². The maximum Gasteiger partial charge on any atom is 0.410 e. The van der Waals surface area contributed by atoms with Crippen LogP contribution >= 0.6 is 11.6 Å². The van der Waals surface area contributed by atoms with Gasteiger partial charge in [-0.1, -0.05) is 23.7 Å². The molecule has 0 bridgehead atoms. The highest BCUT2D eigenvalue weighted by Crippen LogP contribution is 2.31. The summed E-state index contributed by atoms with van der Waals surface area (Å²) in [4.78, 5) is 17.5. The SMILES string of the molecule is CC(C)N1CC(COc2cccc3cncc(Cl)c23)OC1=O. The third-order valence-corrected chi connectivity index (χ3v) is 3.94. The summed E-state index contributed by atoms with van der Waals surface area (Å²) >= 11 is 6.21. The third kappa shape index (κ3) is 2.81. The molecule has 3 rings (SSSR count). The lowest BCUT2D eigenvalue weighted by Gasteiger charge is -2.17. The fraction of sp³-hybridized carbons (Fsp3) is 0.375. The molecule has 22 heavy (non-hydrogen) atoms. The fourth-order valence-electron chi connectivity index (χ4n) is 2.51. The van der Waals surface area contributed by atoms with Gasteiger partial charge in [0.25, 0.3) is 0 Å². The van der Waals surface area contributed by atoms with Crippen LogP contribution in [0.2, 0.25) is 5.02 Å². The predicted molar refractivity (Wildman–Crippen MR) is 84.4 cm³/mol. The van der Waals surface area contributed by atoms with Gasteiger partial charge in [0.15, 0.2) is 6.10 Å². The summed E-state index contributed by atoms with van der Waals surface area (Å²) in [5.41, 5.74) is 0. The average Bonchev–Trinajstić information content (AvgIpc) is 2.86. The molecule has 0 radical (unpaired) electrons. The van der Waals surface area contributed by atoms with Crippen molar-refractivity contribution in [2.75, 3.05) is 13.2 Å². The standard InChI is InChI=1S/C16H17ClN2O3/c1-10(2)19-8-12(22-16(19)20)9-21-14-5-3-4-11-6-18-7-13(17)15(11)14/h3-7,10,12H,8-9H2,1-2H3. The van der Waals surface area contributed by atoms with Gasteiger partial charge in [-0.3, -0.25) is 4.98 Å². The first-order chi connectivity index (χ1) is 10.6. The number of pyridine rings is 1. The second kappa shape index (κ2) is 6.01. The first kappa shape index (κ1) is 14.9. The molecular formula is C16H17ClN2O3. The zero-order valence-corrected chi connectivity index (χ0v) is 13.2. The molecule has 1 aromatic heterocycles. The van der Waals surface area contributed by atoms with Crippen LogP contribution in [0, 0.1) is 0 Å². The number of ether oxygens (including phenoxy) is 2. The summed E-state index contributed by atoms with van der Waals surface area (Å²) in [6, 6.07) is 5.79. The molecule has 2 aromatic rings. The molecule has 1 amide bonds. The van der Waals surface area contributed by atoms with Gasteiger partial charge in [-0.05, 0) is 19.9 Å². The van der Waals surface area contributed by atoms with E-state index in [1.807, 2.05) is 32.0 Å². The van der Waals surface area contributed by atoms with E-state index in [-0.39, 0.29) is 18.2 Å². The molecule has 0 aliphatic carbocycles. The molecule has 1 aromatic carbocycles. The van der Waals surface area contributed by atoms with Crippen molar-refractivity contribution in [2.24, 2.45) is 0 Å². The van der Waals surface area contributed by atoms with Gasteiger partial charge >= 0.3 is 6.09 Å². The largest absolute Gasteiger partial charge is 0.489 e. The Hall–Kier alpha value is -2.01. The highest BCUT2D eigenvalue weighted by atomic mass is 35.5. The zero-order valence-electron chi connectivity index (χ0n) is 12.5. The molecule has 1 aliphatic rings. The minimum atomic E-state index is -0.288. The number of rotatable bonds is 4. The summed E-state index contributed by atoms with van der Waals surface area (Å²) in [5, 5.41) is 2.28. The van der Waals surface area contributed by atoms with Crippen LogP contribution in [0.5, 0.6) is 5.75 Å². The van der Waals surface area contributed by atoms with E-state index < -0.39 is 0 Å². The Labute approximate surface area is 133 Å². The Morgan fingerprint density at radius 2 is 2.27 bits per heavy atom. The molecule has 1 unspecified atom stereocenters. The number of cyclic esters (lactones) is 1. The van der Waals surface area contributed by atoms with Crippen molar-refractivity contribution < 1.29 is 14.3 Å². The van der Waals surface area contributed by atoms with E-state index in [1.165, 1.54) is 0 Å². The average molecular weight is 321 g/mol. The summed E-state index contributed by atoms with van der Waals surface area (Å²) in [7, 11) is 0. The van der Waals surface area contributed by atoms with Crippen molar-refractivity contribution in [3.05, 3.63) is 35.6 Å². The molecule has 1 fully saturated rings. The van der Waals surface area contributed by atoms with E-state index in [1.54, 1.807) is 17.3 Å². The highest BCUT2D eigenvalue weighted by Gasteiger charge is 2.33. The summed E-state index contributed by atoms with van der Waals surface area (Å²) in [5.74, 6) is 0.670. The smallest absolute Gasteiger partial charge is 0.410 e. The number of fused-ring (bicyclic) bond motifs is 1. The van der Waals surface area contributed by atoms with E-state index >= 15 is 0 Å². The van der Waals surface area contributed by atoms with Crippen LogP contribution in [0.4, 0.5) is 4.79 Å². The second-order valence-corrected chi connectivity index (χ2v) is 5.95. The van der Waals surface area contributed by atoms with Gasteiger partial charge in [-0.15, -0.1) is 0 Å². The van der Waals surface area contributed by atoms with Gasteiger partial charge < -0.3 is 14.4 Å². The van der Waals surface area contributed by atoms with Crippen LogP contribution in [-0.4, -0.2) is 41.3 Å². The summed E-state index contributed by atoms with van der Waals surface area (Å²) in [6.07, 6.45) is 2.77. The van der Waals surface area contributed by atoms with E-state index in [0.29, 0.717) is 23.9 Å². The Morgan fingerprint density at radius 3 is 3.00 bits per heavy atom. The minimum Gasteiger partial charge on any atom is -0.489 e. The van der Waals surface area contributed by atoms with Crippen molar-refractivity contribution in [2.45, 2.75) is 26.0 Å². The van der Waals surface area contributed by atoms with Crippen LogP contribution in [0.15, 0.2) is 30.6 Å². The Balaban J connectivity index is 1.74. The maximum atomic E-state index is 11.7. The van der Waals surface area contributed by atoms with Gasteiger partial charge in [-0.2, -0.15) is 0 Å². The molecule has 5 nitrogen and oxygen atoms in total. The molecule has 6 heteroatoms. The van der Waals surface area contributed by atoms with Crippen molar-refractivity contribution in [1.29, 1.82) is 0 Å². The molecule has 116 valence electrons. The molecule has 1 saturated heterocycles. The lowest BCUT2D eigenvalue weighted by atomic mass is 10.1. The summed E-state index contributed by atoms with van der Waals surface area (Å²) < 4.78 is 11.2. The number of amides is 1. The molecule has 0 spiro atoms. The van der Waals surface area contributed by atoms with Gasteiger partial charge in [0.2, 0.25) is 0 Å². The number of aromatic nitrogens is 1. The van der Waals surface area contributed by atoms with Gasteiger partial charge in [0.05, 0.1) is 11.6 Å². The van der Waals surface area contributed by atoms with Crippen molar-refractivity contribution in [3.8, 4) is 5.75 Å². The first-order valence-electron chi connectivity index (χ1n) is 7.18. The maximum absolute atomic E-state index is 11.7. The molecule has 2 heterocycles. The molecule has 0 N–H and O–H groups in total. The monoisotopic (exact) mass is 320 g/mol. The minimum absolute atomic E-state index is 0.121. The normalized spacial score (nSPS) is 18.1. The highest BCUT2D eigenvalue weighted by molar-refractivity contribution is 6.35. The van der Waals surface area contributed by atoms with E-state index in [9.17, 15) is 4.79 Å². The Morgan fingerprint density at radius 1 is 1.45 bits per heavy atom. The lowest BCUT2D eigenvalue weighted by molar-refractivity contribution is 0.102. The van der Waals surface area contributed by atoms with Crippen LogP contribution < -0.4 is 4.74 Å². The van der Waals surface area contributed by atoms with E-state index in [4.69, 9.17) is 21.1 Å². The third-order valence-electron chi connectivity index (χ3n) is 3.65. The van der Waals surface area contributed by atoms with Crippen LogP contribution in [0.25, 0.3) is 10.8 Å². The molecule has 1 aliphatic heterocycles. The Kier molecular flexibility index (Phi) is 4.07. The summed E-state index contributed by atoms with van der Waals surface area (Å²) in [6.45, 7) is 4.76. The number of carbonyl (C=O) groups excluding carboxylic acids is 1. The van der Waals surface area contributed by atoms with E-state index in [2.05, 4.69) is 4.98 Å². The molecule has 0 saturated carbocycles. The number of hydrogen-bond donors (Lipinski definition) is 0. The second-order valence-electron chi connectivity index (χ2n) is 5.54. The topological polar surface area (TPSA) is 51.7 Å². The fourth-order valence-corrected chi connectivity index (χ4v) is 2.77. The van der Waals surface area contributed by atoms with Gasteiger partial charge in [0.1, 0.15) is 12.4 Å². The van der Waals surface area contributed by atoms with Crippen LogP contribution in [-0.2, 0) is 4.74 Å². The van der Waals surface area contributed by atoms with Crippen LogP contribution in [0.3, 0.4) is 0 Å². The van der Waals surface area contributed by atoms with Crippen molar-refractivity contribution in [3.63, 3.8) is 0 Å². The number of carbonyl (C=O) groups is 1. The number of hydrogen-bond acceptors (Lipinski definition) is 4. The van der Waals surface area contributed by atoms with Crippen molar-refractivity contribution >= 4 is 28.5 Å². The lowest BCUT2D eigenvalue weighted by Crippen LogP contribution is -2.32. The zero-order chi connectivity index (χ0) is 15.7. The number of benzene rings is 1. The van der Waals surface area contributed by atoms with E-state index in [0.717, 1.165) is 10.8 Å². The van der Waals surface area contributed by atoms with Crippen molar-refractivity contribution in [1.82, 2.24) is 9.88 Å².